The van der Waals surface area contributed by atoms with Crippen molar-refractivity contribution in [2.24, 2.45) is 11.8 Å². The van der Waals surface area contributed by atoms with E-state index in [0.717, 1.165) is 30.8 Å². The third-order valence-electron chi connectivity index (χ3n) is 3.97. The van der Waals surface area contributed by atoms with E-state index in [1.54, 1.807) is 0 Å². The smallest absolute Gasteiger partial charge is 0.287 e. The predicted octanol–water partition coefficient (Wildman–Crippen LogP) is 2.94. The molecule has 0 spiro atoms. The van der Waals surface area contributed by atoms with Crippen LogP contribution in [0.3, 0.4) is 0 Å². The van der Waals surface area contributed by atoms with Crippen molar-refractivity contribution in [1.29, 1.82) is 0 Å². The number of hydrogen-bond acceptors (Lipinski definition) is 3. The SMILES string of the molecule is CCc1cc(C)c(C(=O)NC[C@H]2CCO[C@@H]2C(C)C)o1. The Hall–Kier alpha value is -1.29. The second kappa shape index (κ2) is 6.44. The Bertz CT molecular complexity index is 464. The molecular formula is C16H25NO3. The lowest BCUT2D eigenvalue weighted by molar-refractivity contribution is 0.0531. The molecule has 0 aliphatic carbocycles. The molecule has 1 fully saturated rings. The normalized spacial score (nSPS) is 22.4. The molecule has 2 atom stereocenters. The molecule has 2 rings (SSSR count). The summed E-state index contributed by atoms with van der Waals surface area (Å²) < 4.78 is 11.3. The highest BCUT2D eigenvalue weighted by molar-refractivity contribution is 5.92. The van der Waals surface area contributed by atoms with Gasteiger partial charge >= 0.3 is 0 Å². The summed E-state index contributed by atoms with van der Waals surface area (Å²) in [7, 11) is 0. The summed E-state index contributed by atoms with van der Waals surface area (Å²) in [4.78, 5) is 12.2. The molecule has 2 heterocycles. The monoisotopic (exact) mass is 279 g/mol. The Morgan fingerprint density at radius 1 is 1.50 bits per heavy atom. The van der Waals surface area contributed by atoms with Crippen LogP contribution in [-0.4, -0.2) is 25.2 Å². The maximum atomic E-state index is 12.2. The van der Waals surface area contributed by atoms with Gasteiger partial charge in [-0.15, -0.1) is 0 Å². The fraction of sp³-hybridized carbons (Fsp3) is 0.688. The van der Waals surface area contributed by atoms with Crippen LogP contribution >= 0.6 is 0 Å². The molecule has 1 saturated heterocycles. The second-order valence-corrected chi connectivity index (χ2v) is 5.92. The molecule has 1 aromatic heterocycles. The summed E-state index contributed by atoms with van der Waals surface area (Å²) in [5.74, 6) is 2.08. The minimum atomic E-state index is -0.114. The van der Waals surface area contributed by atoms with Gasteiger partial charge in [-0.2, -0.15) is 0 Å². The molecule has 4 heteroatoms. The minimum Gasteiger partial charge on any atom is -0.456 e. The Labute approximate surface area is 120 Å². The van der Waals surface area contributed by atoms with E-state index in [-0.39, 0.29) is 12.0 Å². The van der Waals surface area contributed by atoms with Crippen LogP contribution in [0.15, 0.2) is 10.5 Å². The molecule has 0 aromatic carbocycles. The van der Waals surface area contributed by atoms with E-state index in [2.05, 4.69) is 19.2 Å². The van der Waals surface area contributed by atoms with Gasteiger partial charge in [0.2, 0.25) is 0 Å². The first kappa shape index (κ1) is 15.1. The lowest BCUT2D eigenvalue weighted by atomic mass is 9.93. The molecule has 0 bridgehead atoms. The third kappa shape index (κ3) is 3.23. The van der Waals surface area contributed by atoms with E-state index in [9.17, 15) is 4.79 Å². The minimum absolute atomic E-state index is 0.114. The Morgan fingerprint density at radius 2 is 2.25 bits per heavy atom. The number of carbonyl (C=O) groups is 1. The van der Waals surface area contributed by atoms with Gasteiger partial charge in [0.1, 0.15) is 5.76 Å². The molecule has 1 aromatic rings. The van der Waals surface area contributed by atoms with Crippen molar-refractivity contribution in [1.82, 2.24) is 5.32 Å². The number of furan rings is 1. The zero-order valence-electron chi connectivity index (χ0n) is 12.9. The first-order valence-electron chi connectivity index (χ1n) is 7.52. The number of carbonyl (C=O) groups excluding carboxylic acids is 1. The van der Waals surface area contributed by atoms with Gasteiger partial charge in [-0.3, -0.25) is 4.79 Å². The summed E-state index contributed by atoms with van der Waals surface area (Å²) in [5, 5.41) is 2.99. The summed E-state index contributed by atoms with van der Waals surface area (Å²) in [5.41, 5.74) is 0.905. The zero-order chi connectivity index (χ0) is 14.7. The van der Waals surface area contributed by atoms with Crippen LogP contribution in [-0.2, 0) is 11.2 Å². The van der Waals surface area contributed by atoms with Crippen molar-refractivity contribution in [2.75, 3.05) is 13.2 Å². The molecule has 1 aliphatic heterocycles. The summed E-state index contributed by atoms with van der Waals surface area (Å²) in [6.07, 6.45) is 2.07. The second-order valence-electron chi connectivity index (χ2n) is 5.92. The van der Waals surface area contributed by atoms with Crippen LogP contribution in [0.25, 0.3) is 0 Å². The Kier molecular flexibility index (Phi) is 4.86. The average Bonchev–Trinajstić information content (AvgIpc) is 3.02. The van der Waals surface area contributed by atoms with Crippen LogP contribution in [0, 0.1) is 18.8 Å². The molecule has 112 valence electrons. The highest BCUT2D eigenvalue weighted by atomic mass is 16.5. The largest absolute Gasteiger partial charge is 0.456 e. The van der Waals surface area contributed by atoms with Crippen molar-refractivity contribution in [3.8, 4) is 0 Å². The number of aryl methyl sites for hydroxylation is 2. The molecular weight excluding hydrogens is 254 g/mol. The van der Waals surface area contributed by atoms with Crippen LogP contribution in [0.1, 0.15) is 49.1 Å². The van der Waals surface area contributed by atoms with E-state index in [1.165, 1.54) is 0 Å². The fourth-order valence-corrected chi connectivity index (χ4v) is 2.86. The number of hydrogen-bond donors (Lipinski definition) is 1. The summed E-state index contributed by atoms with van der Waals surface area (Å²) in [6, 6.07) is 1.94. The lowest BCUT2D eigenvalue weighted by Gasteiger charge is -2.22. The van der Waals surface area contributed by atoms with Crippen LogP contribution in [0.5, 0.6) is 0 Å². The molecule has 1 N–H and O–H groups in total. The number of ether oxygens (including phenoxy) is 1. The van der Waals surface area contributed by atoms with Crippen LogP contribution in [0.2, 0.25) is 0 Å². The van der Waals surface area contributed by atoms with Crippen molar-refractivity contribution in [2.45, 2.75) is 46.6 Å². The molecule has 20 heavy (non-hydrogen) atoms. The topological polar surface area (TPSA) is 51.5 Å². The number of nitrogens with one attached hydrogen (secondary N) is 1. The van der Waals surface area contributed by atoms with Gasteiger partial charge in [0, 0.05) is 31.1 Å². The van der Waals surface area contributed by atoms with E-state index < -0.39 is 0 Å². The van der Waals surface area contributed by atoms with Gasteiger partial charge < -0.3 is 14.5 Å². The van der Waals surface area contributed by atoms with E-state index in [0.29, 0.717) is 24.1 Å². The Balaban J connectivity index is 1.93. The van der Waals surface area contributed by atoms with Gasteiger partial charge in [-0.25, -0.2) is 0 Å². The van der Waals surface area contributed by atoms with E-state index in [4.69, 9.17) is 9.15 Å². The maximum Gasteiger partial charge on any atom is 0.287 e. The lowest BCUT2D eigenvalue weighted by Crippen LogP contribution is -2.35. The van der Waals surface area contributed by atoms with Crippen molar-refractivity contribution >= 4 is 5.91 Å². The van der Waals surface area contributed by atoms with Gasteiger partial charge in [-0.1, -0.05) is 20.8 Å². The predicted molar refractivity (Wildman–Crippen MR) is 77.8 cm³/mol. The quantitative estimate of drug-likeness (QED) is 0.901. The van der Waals surface area contributed by atoms with Gasteiger partial charge in [0.25, 0.3) is 5.91 Å². The van der Waals surface area contributed by atoms with Crippen molar-refractivity contribution in [3.63, 3.8) is 0 Å². The van der Waals surface area contributed by atoms with Crippen molar-refractivity contribution in [3.05, 3.63) is 23.2 Å². The van der Waals surface area contributed by atoms with Crippen LogP contribution < -0.4 is 5.32 Å². The van der Waals surface area contributed by atoms with Crippen LogP contribution in [0.4, 0.5) is 0 Å². The first-order valence-corrected chi connectivity index (χ1v) is 7.52. The third-order valence-corrected chi connectivity index (χ3v) is 3.97. The average molecular weight is 279 g/mol. The highest BCUT2D eigenvalue weighted by Crippen LogP contribution is 2.26. The molecule has 0 radical (unpaired) electrons. The Morgan fingerprint density at radius 3 is 2.85 bits per heavy atom. The molecule has 1 amide bonds. The first-order chi connectivity index (χ1) is 9.52. The van der Waals surface area contributed by atoms with Gasteiger partial charge in [-0.05, 0) is 25.3 Å². The van der Waals surface area contributed by atoms with Gasteiger partial charge in [0.15, 0.2) is 5.76 Å². The van der Waals surface area contributed by atoms with E-state index >= 15 is 0 Å². The zero-order valence-corrected chi connectivity index (χ0v) is 12.9. The molecule has 0 saturated carbocycles. The summed E-state index contributed by atoms with van der Waals surface area (Å²) >= 11 is 0. The van der Waals surface area contributed by atoms with E-state index in [1.807, 2.05) is 19.9 Å². The molecule has 1 aliphatic rings. The number of rotatable bonds is 5. The van der Waals surface area contributed by atoms with Crippen molar-refractivity contribution < 1.29 is 13.9 Å². The summed E-state index contributed by atoms with van der Waals surface area (Å²) in [6.45, 7) is 9.70. The molecule has 4 nitrogen and oxygen atoms in total. The highest BCUT2D eigenvalue weighted by Gasteiger charge is 2.31. The number of amides is 1. The van der Waals surface area contributed by atoms with Gasteiger partial charge in [0.05, 0.1) is 6.10 Å². The molecule has 0 unspecified atom stereocenters. The maximum absolute atomic E-state index is 12.2. The fourth-order valence-electron chi connectivity index (χ4n) is 2.86. The standard InChI is InChI=1S/C16H25NO3/c1-5-13-8-11(4)15(20-13)16(18)17-9-12-6-7-19-14(12)10(2)3/h8,10,12,14H,5-7,9H2,1-4H3,(H,17,18)/t12-,14-/m1/s1.